The Morgan fingerprint density at radius 2 is 1.54 bits per heavy atom. The molecule has 0 spiro atoms. The van der Waals surface area contributed by atoms with Gasteiger partial charge in [0.2, 0.25) is 0 Å². The van der Waals surface area contributed by atoms with Crippen molar-refractivity contribution in [2.75, 3.05) is 26.2 Å². The van der Waals surface area contributed by atoms with Gasteiger partial charge in [0.1, 0.15) is 0 Å². The maximum absolute atomic E-state index is 2.78. The molecular formula is C21H36N2S. The van der Waals surface area contributed by atoms with Crippen LogP contribution in [0.15, 0.2) is 34.3 Å². The van der Waals surface area contributed by atoms with Gasteiger partial charge in [-0.25, -0.2) is 4.31 Å². The second kappa shape index (κ2) is 10.5. The van der Waals surface area contributed by atoms with E-state index in [1.165, 1.54) is 80.8 Å². The van der Waals surface area contributed by atoms with Gasteiger partial charge in [0.25, 0.3) is 0 Å². The minimum atomic E-state index is 0.835. The summed E-state index contributed by atoms with van der Waals surface area (Å²) in [5.41, 5.74) is 2.72. The second-order valence-electron chi connectivity index (χ2n) is 7.33. The van der Waals surface area contributed by atoms with E-state index in [-0.39, 0.29) is 0 Å². The van der Waals surface area contributed by atoms with Crippen molar-refractivity contribution in [3.63, 3.8) is 0 Å². The zero-order valence-corrected chi connectivity index (χ0v) is 17.0. The Hall–Kier alpha value is -0.510. The Labute approximate surface area is 154 Å². The summed E-state index contributed by atoms with van der Waals surface area (Å²) in [7, 11) is 0. The molecule has 2 aliphatic heterocycles. The number of rotatable bonds is 5. The van der Waals surface area contributed by atoms with E-state index < -0.39 is 0 Å². The number of hydrogen-bond acceptors (Lipinski definition) is 3. The fraction of sp³-hybridized carbons (Fsp3) is 0.714. The van der Waals surface area contributed by atoms with Gasteiger partial charge in [-0.3, -0.25) is 0 Å². The van der Waals surface area contributed by atoms with Crippen LogP contribution in [0, 0.1) is 0 Å². The van der Waals surface area contributed by atoms with E-state index in [2.05, 4.69) is 55.1 Å². The highest BCUT2D eigenvalue weighted by molar-refractivity contribution is 8.00. The van der Waals surface area contributed by atoms with Gasteiger partial charge in [-0.1, -0.05) is 36.6 Å². The average Bonchev–Trinajstić information content (AvgIpc) is 2.85. The van der Waals surface area contributed by atoms with E-state index in [1.54, 1.807) is 0 Å². The highest BCUT2D eigenvalue weighted by Gasteiger charge is 2.25. The van der Waals surface area contributed by atoms with Gasteiger partial charge < -0.3 is 4.90 Å². The SMILES string of the molecule is C/C=C/C(C)=C\C(C)=C(/C)SN1CCC(N2CCCCCC2)CC1. The number of allylic oxidation sites excluding steroid dienone is 6. The van der Waals surface area contributed by atoms with E-state index in [0.717, 1.165) is 6.04 Å². The minimum Gasteiger partial charge on any atom is -0.300 e. The van der Waals surface area contributed by atoms with Gasteiger partial charge in [-0.2, -0.15) is 0 Å². The molecule has 2 nitrogen and oxygen atoms in total. The number of likely N-dealkylation sites (tertiary alicyclic amines) is 1. The fourth-order valence-electron chi connectivity index (χ4n) is 3.78. The molecule has 0 unspecified atom stereocenters. The third-order valence-electron chi connectivity index (χ3n) is 5.28. The summed E-state index contributed by atoms with van der Waals surface area (Å²) in [5, 5.41) is 0. The van der Waals surface area contributed by atoms with Gasteiger partial charge in [0.05, 0.1) is 0 Å². The zero-order valence-electron chi connectivity index (χ0n) is 16.2. The van der Waals surface area contributed by atoms with Crippen molar-refractivity contribution in [1.29, 1.82) is 0 Å². The van der Waals surface area contributed by atoms with E-state index >= 15 is 0 Å². The molecule has 0 N–H and O–H groups in total. The minimum absolute atomic E-state index is 0.835. The van der Waals surface area contributed by atoms with Crippen molar-refractivity contribution in [3.05, 3.63) is 34.3 Å². The number of piperidine rings is 1. The van der Waals surface area contributed by atoms with Crippen LogP contribution in [0.2, 0.25) is 0 Å². The molecule has 3 heteroatoms. The average molecular weight is 349 g/mol. The highest BCUT2D eigenvalue weighted by Crippen LogP contribution is 2.29. The molecular weight excluding hydrogens is 312 g/mol. The molecule has 2 heterocycles. The van der Waals surface area contributed by atoms with E-state index in [9.17, 15) is 0 Å². The molecule has 0 saturated carbocycles. The molecule has 0 aromatic heterocycles. The predicted molar refractivity (Wildman–Crippen MR) is 109 cm³/mol. The Morgan fingerprint density at radius 1 is 0.917 bits per heavy atom. The molecule has 2 aliphatic rings. The van der Waals surface area contributed by atoms with E-state index in [0.29, 0.717) is 0 Å². The lowest BCUT2D eigenvalue weighted by molar-refractivity contribution is 0.147. The molecule has 0 radical (unpaired) electrons. The van der Waals surface area contributed by atoms with Crippen LogP contribution in [0.3, 0.4) is 0 Å². The zero-order chi connectivity index (χ0) is 17.4. The van der Waals surface area contributed by atoms with Crippen LogP contribution < -0.4 is 0 Å². The fourth-order valence-corrected chi connectivity index (χ4v) is 4.76. The van der Waals surface area contributed by atoms with Crippen LogP contribution in [0.5, 0.6) is 0 Å². The van der Waals surface area contributed by atoms with Gasteiger partial charge in [-0.15, -0.1) is 0 Å². The Bertz CT molecular complexity index is 462. The summed E-state index contributed by atoms with van der Waals surface area (Å²) >= 11 is 1.97. The standard InChI is InChI=1S/C21H36N2S/c1-5-10-18(2)17-19(3)20(4)24-23-15-11-21(12-16-23)22-13-8-6-7-9-14-22/h5,10,17,21H,6-9,11-16H2,1-4H3/b10-5+,18-17-,20-19+. The van der Waals surface area contributed by atoms with Crippen LogP contribution in [0.1, 0.15) is 66.2 Å². The molecule has 2 fully saturated rings. The first kappa shape index (κ1) is 19.8. The summed E-state index contributed by atoms with van der Waals surface area (Å²) < 4.78 is 2.58. The summed E-state index contributed by atoms with van der Waals surface area (Å²) in [4.78, 5) is 4.22. The van der Waals surface area contributed by atoms with Crippen molar-refractivity contribution in [2.24, 2.45) is 0 Å². The monoisotopic (exact) mass is 348 g/mol. The van der Waals surface area contributed by atoms with E-state index in [4.69, 9.17) is 0 Å². The molecule has 0 amide bonds. The van der Waals surface area contributed by atoms with Crippen molar-refractivity contribution in [1.82, 2.24) is 9.21 Å². The van der Waals surface area contributed by atoms with Crippen molar-refractivity contribution < 1.29 is 0 Å². The van der Waals surface area contributed by atoms with Crippen LogP contribution in [0.25, 0.3) is 0 Å². The highest BCUT2D eigenvalue weighted by atomic mass is 32.2. The molecule has 0 aliphatic carbocycles. The topological polar surface area (TPSA) is 6.48 Å². The molecule has 2 saturated heterocycles. The van der Waals surface area contributed by atoms with Crippen molar-refractivity contribution in [2.45, 2.75) is 72.3 Å². The van der Waals surface area contributed by atoms with Crippen LogP contribution in [-0.4, -0.2) is 41.4 Å². The third kappa shape index (κ3) is 6.42. The normalized spacial score (nSPS) is 24.2. The first-order chi connectivity index (χ1) is 11.6. The Kier molecular flexibility index (Phi) is 8.65. The molecule has 2 rings (SSSR count). The third-order valence-corrected chi connectivity index (χ3v) is 6.49. The number of hydrogen-bond donors (Lipinski definition) is 0. The lowest BCUT2D eigenvalue weighted by atomic mass is 10.0. The van der Waals surface area contributed by atoms with Gasteiger partial charge in [0.15, 0.2) is 0 Å². The largest absolute Gasteiger partial charge is 0.300 e. The molecule has 24 heavy (non-hydrogen) atoms. The quantitative estimate of drug-likeness (QED) is 0.458. The summed E-state index contributed by atoms with van der Waals surface area (Å²) in [6.45, 7) is 13.9. The first-order valence-corrected chi connectivity index (χ1v) is 10.5. The summed E-state index contributed by atoms with van der Waals surface area (Å²) in [5.74, 6) is 0. The molecule has 0 bridgehead atoms. The van der Waals surface area contributed by atoms with Crippen LogP contribution in [0.4, 0.5) is 0 Å². The van der Waals surface area contributed by atoms with Crippen LogP contribution in [-0.2, 0) is 0 Å². The molecule has 0 atom stereocenters. The molecule has 0 aromatic rings. The smallest absolute Gasteiger partial charge is 0.0120 e. The Balaban J connectivity index is 1.82. The lowest BCUT2D eigenvalue weighted by Crippen LogP contribution is -2.43. The number of nitrogens with zero attached hydrogens (tertiary/aromatic N) is 2. The van der Waals surface area contributed by atoms with Gasteiger partial charge in [0, 0.05) is 24.0 Å². The molecule has 136 valence electrons. The molecule has 0 aromatic carbocycles. The van der Waals surface area contributed by atoms with Crippen molar-refractivity contribution >= 4 is 11.9 Å². The Morgan fingerprint density at radius 3 is 2.12 bits per heavy atom. The van der Waals surface area contributed by atoms with E-state index in [1.807, 2.05) is 11.9 Å². The van der Waals surface area contributed by atoms with Crippen molar-refractivity contribution in [3.8, 4) is 0 Å². The first-order valence-electron chi connectivity index (χ1n) is 9.75. The summed E-state index contributed by atoms with van der Waals surface area (Å²) in [6.07, 6.45) is 15.0. The predicted octanol–water partition coefficient (Wildman–Crippen LogP) is 5.79. The van der Waals surface area contributed by atoms with Gasteiger partial charge >= 0.3 is 0 Å². The van der Waals surface area contributed by atoms with Gasteiger partial charge in [-0.05, 0) is 84.0 Å². The maximum Gasteiger partial charge on any atom is 0.0120 e. The maximum atomic E-state index is 2.78. The summed E-state index contributed by atoms with van der Waals surface area (Å²) in [6, 6.07) is 0.835. The lowest BCUT2D eigenvalue weighted by Gasteiger charge is -2.37. The second-order valence-corrected chi connectivity index (χ2v) is 8.64. The van der Waals surface area contributed by atoms with Crippen LogP contribution >= 0.6 is 11.9 Å².